The zero-order chi connectivity index (χ0) is 29.3. The van der Waals surface area contributed by atoms with Crippen molar-refractivity contribution in [3.63, 3.8) is 0 Å². The number of aromatic hydroxyl groups is 2. The normalized spacial score (nSPS) is 13.4. The molecule has 3 rings (SSSR count). The van der Waals surface area contributed by atoms with Gasteiger partial charge in [-0.3, -0.25) is 0 Å². The van der Waals surface area contributed by atoms with Gasteiger partial charge in [0, 0.05) is 10.8 Å². The van der Waals surface area contributed by atoms with Gasteiger partial charge in [0.05, 0.1) is 6.26 Å². The van der Waals surface area contributed by atoms with Gasteiger partial charge in [-0.15, -0.1) is 0 Å². The summed E-state index contributed by atoms with van der Waals surface area (Å²) in [6.45, 7) is 20.5. The molecule has 0 aromatic heterocycles. The summed E-state index contributed by atoms with van der Waals surface area (Å²) in [5, 5.41) is 30.5. The van der Waals surface area contributed by atoms with Gasteiger partial charge in [-0.05, 0) is 115 Å². The van der Waals surface area contributed by atoms with Crippen molar-refractivity contribution < 1.29 is 15.3 Å². The van der Waals surface area contributed by atoms with Crippen molar-refractivity contribution in [2.45, 2.75) is 80.1 Å². The minimum Gasteiger partial charge on any atom is -0.515 e. The Bertz CT molecular complexity index is 1430. The van der Waals surface area contributed by atoms with Gasteiger partial charge in [0.15, 0.2) is 0 Å². The quantitative estimate of drug-likeness (QED) is 0.213. The van der Waals surface area contributed by atoms with Crippen molar-refractivity contribution in [1.29, 1.82) is 0 Å². The Hall–Kier alpha value is -3.72. The Morgan fingerprint density at radius 1 is 0.667 bits per heavy atom. The van der Waals surface area contributed by atoms with Gasteiger partial charge in [0.25, 0.3) is 0 Å². The lowest BCUT2D eigenvalue weighted by molar-refractivity contribution is 0.465. The van der Waals surface area contributed by atoms with Crippen LogP contribution in [0, 0.1) is 27.7 Å². The highest BCUT2D eigenvalue weighted by atomic mass is 16.3. The SMILES string of the molecule is C/C=C/C(=C\C(C)=C\O)C(C)(C)c1cc(-c2cc(C)c(O)c(C)c2)cc(C(C)(C)c2cc(C)c(O)c(C)c2)c1. The molecule has 3 N–H and O–H groups in total. The largest absolute Gasteiger partial charge is 0.515 e. The van der Waals surface area contributed by atoms with Gasteiger partial charge >= 0.3 is 0 Å². The van der Waals surface area contributed by atoms with Gasteiger partial charge in [-0.1, -0.05) is 76.3 Å². The third kappa shape index (κ3) is 5.98. The second-order valence-corrected chi connectivity index (χ2v) is 11.9. The first-order chi connectivity index (χ1) is 18.1. The Morgan fingerprint density at radius 3 is 1.59 bits per heavy atom. The molecule has 0 bridgehead atoms. The molecule has 3 aromatic carbocycles. The Labute approximate surface area is 234 Å². The molecule has 0 spiro atoms. The van der Waals surface area contributed by atoms with Crippen LogP contribution >= 0.6 is 0 Å². The van der Waals surface area contributed by atoms with Crippen molar-refractivity contribution in [3.8, 4) is 22.6 Å². The van der Waals surface area contributed by atoms with Crippen LogP contribution in [-0.4, -0.2) is 15.3 Å². The molecule has 0 amide bonds. The molecule has 3 aromatic rings. The molecule has 3 heteroatoms. The predicted octanol–water partition coefficient (Wildman–Crippen LogP) is 9.57. The number of phenols is 2. The number of aryl methyl sites for hydroxylation is 4. The first-order valence-electron chi connectivity index (χ1n) is 13.6. The van der Waals surface area contributed by atoms with Crippen LogP contribution in [0.2, 0.25) is 0 Å². The molecule has 0 aliphatic heterocycles. The molecule has 0 radical (unpaired) electrons. The molecule has 0 fully saturated rings. The summed E-state index contributed by atoms with van der Waals surface area (Å²) in [6, 6.07) is 15.0. The minimum absolute atomic E-state index is 0.329. The van der Waals surface area contributed by atoms with Gasteiger partial charge in [-0.25, -0.2) is 0 Å². The fraction of sp³-hybridized carbons (Fsp3) is 0.333. The predicted molar refractivity (Wildman–Crippen MR) is 165 cm³/mol. The maximum Gasteiger partial charge on any atom is 0.121 e. The number of hydrogen-bond acceptors (Lipinski definition) is 3. The van der Waals surface area contributed by atoms with Crippen LogP contribution in [0.1, 0.15) is 80.5 Å². The molecule has 0 aliphatic carbocycles. The zero-order valence-corrected chi connectivity index (χ0v) is 25.2. The molecular formula is C36H44O3. The molecule has 206 valence electrons. The average Bonchev–Trinajstić information content (AvgIpc) is 2.88. The third-order valence-corrected chi connectivity index (χ3v) is 8.07. The van der Waals surface area contributed by atoms with Gasteiger partial charge in [0.1, 0.15) is 11.5 Å². The van der Waals surface area contributed by atoms with Crippen LogP contribution in [0.3, 0.4) is 0 Å². The van der Waals surface area contributed by atoms with E-state index in [0.717, 1.165) is 67.5 Å². The Balaban J connectivity index is 2.38. The van der Waals surface area contributed by atoms with Crippen LogP contribution in [-0.2, 0) is 10.8 Å². The lowest BCUT2D eigenvalue weighted by Crippen LogP contribution is -2.24. The second-order valence-electron chi connectivity index (χ2n) is 11.9. The molecule has 39 heavy (non-hydrogen) atoms. The summed E-state index contributed by atoms with van der Waals surface area (Å²) in [7, 11) is 0. The highest BCUT2D eigenvalue weighted by Crippen LogP contribution is 2.42. The van der Waals surface area contributed by atoms with Crippen LogP contribution in [0.15, 0.2) is 78.1 Å². The van der Waals surface area contributed by atoms with Gasteiger partial charge in [0.2, 0.25) is 0 Å². The van der Waals surface area contributed by atoms with E-state index in [0.29, 0.717) is 11.5 Å². The fourth-order valence-corrected chi connectivity index (χ4v) is 5.19. The van der Waals surface area contributed by atoms with E-state index in [1.165, 1.54) is 0 Å². The molecular weight excluding hydrogens is 480 g/mol. The lowest BCUT2D eigenvalue weighted by atomic mass is 9.71. The molecule has 3 nitrogen and oxygen atoms in total. The number of benzene rings is 3. The smallest absolute Gasteiger partial charge is 0.121 e. The van der Waals surface area contributed by atoms with Crippen molar-refractivity contribution in [2.24, 2.45) is 0 Å². The van der Waals surface area contributed by atoms with Crippen LogP contribution in [0.25, 0.3) is 11.1 Å². The molecule has 0 saturated carbocycles. The van der Waals surface area contributed by atoms with E-state index in [4.69, 9.17) is 0 Å². The maximum atomic E-state index is 10.4. The van der Waals surface area contributed by atoms with E-state index in [1.54, 1.807) is 0 Å². The number of aliphatic hydroxyl groups excluding tert-OH is 1. The number of aliphatic hydroxyl groups is 1. The van der Waals surface area contributed by atoms with Crippen LogP contribution < -0.4 is 0 Å². The van der Waals surface area contributed by atoms with Gasteiger partial charge in [-0.2, -0.15) is 0 Å². The van der Waals surface area contributed by atoms with E-state index in [-0.39, 0.29) is 10.8 Å². The van der Waals surface area contributed by atoms with Crippen molar-refractivity contribution in [1.82, 2.24) is 0 Å². The third-order valence-electron chi connectivity index (χ3n) is 8.07. The molecule has 0 aliphatic rings. The van der Waals surface area contributed by atoms with E-state index in [1.807, 2.05) is 65.8 Å². The summed E-state index contributed by atoms with van der Waals surface area (Å²) < 4.78 is 0. The minimum atomic E-state index is -0.376. The highest BCUT2D eigenvalue weighted by Gasteiger charge is 2.30. The standard InChI is InChI=1S/C36H44O3/c1-11-12-29(13-22(2)21-37)35(7,8)31-18-28(27-14-23(3)33(38)24(4)15-27)19-32(20-31)36(9,10)30-16-25(5)34(39)26(6)17-30/h11-21,37-39H,1-10H3/b12-11+,22-21+,29-13+. The first-order valence-corrected chi connectivity index (χ1v) is 13.6. The molecule has 0 heterocycles. The summed E-state index contributed by atoms with van der Waals surface area (Å²) in [5.74, 6) is 0.670. The summed E-state index contributed by atoms with van der Waals surface area (Å²) in [6.07, 6.45) is 7.30. The van der Waals surface area contributed by atoms with E-state index in [2.05, 4.69) is 64.1 Å². The van der Waals surface area contributed by atoms with Crippen molar-refractivity contribution in [2.75, 3.05) is 0 Å². The van der Waals surface area contributed by atoms with Crippen LogP contribution in [0.4, 0.5) is 0 Å². The number of hydrogen-bond donors (Lipinski definition) is 3. The van der Waals surface area contributed by atoms with Gasteiger partial charge < -0.3 is 15.3 Å². The second kappa shape index (κ2) is 11.2. The number of phenolic OH excluding ortho intramolecular Hbond substituents is 2. The summed E-state index contributed by atoms with van der Waals surface area (Å²) in [4.78, 5) is 0. The summed E-state index contributed by atoms with van der Waals surface area (Å²) in [5.41, 5.74) is 10.1. The van der Waals surface area contributed by atoms with Crippen LogP contribution in [0.5, 0.6) is 11.5 Å². The van der Waals surface area contributed by atoms with Crippen molar-refractivity contribution in [3.05, 3.63) is 117 Å². The van der Waals surface area contributed by atoms with E-state index < -0.39 is 0 Å². The topological polar surface area (TPSA) is 60.7 Å². The first kappa shape index (κ1) is 29.8. The highest BCUT2D eigenvalue weighted by molar-refractivity contribution is 5.70. The number of allylic oxidation sites excluding steroid dienone is 5. The molecule has 0 saturated heterocycles. The van der Waals surface area contributed by atoms with E-state index in [9.17, 15) is 15.3 Å². The maximum absolute atomic E-state index is 10.4. The van der Waals surface area contributed by atoms with Crippen molar-refractivity contribution >= 4 is 0 Å². The Morgan fingerprint density at radius 2 is 1.10 bits per heavy atom. The average molecular weight is 525 g/mol. The molecule has 0 atom stereocenters. The number of rotatable bonds is 7. The monoisotopic (exact) mass is 524 g/mol. The molecule has 0 unspecified atom stereocenters. The lowest BCUT2D eigenvalue weighted by Gasteiger charge is -2.33. The Kier molecular flexibility index (Phi) is 8.55. The summed E-state index contributed by atoms with van der Waals surface area (Å²) >= 11 is 0. The fourth-order valence-electron chi connectivity index (χ4n) is 5.19. The zero-order valence-electron chi connectivity index (χ0n) is 25.2. The van der Waals surface area contributed by atoms with E-state index >= 15 is 0 Å².